The van der Waals surface area contributed by atoms with Gasteiger partial charge in [-0.2, -0.15) is 11.8 Å². The molecule has 15 heavy (non-hydrogen) atoms. The Hall–Kier alpha value is 0.270. The van der Waals surface area contributed by atoms with Crippen molar-refractivity contribution in [2.75, 3.05) is 44.2 Å². The standard InChI is InChI=1S/C12H24N2S/c1-2-3-12(4-5-13-10-12)11-14-6-8-15-9-7-14/h13H,2-11H2,1H3. The third-order valence-electron chi connectivity index (χ3n) is 3.78. The average Bonchev–Trinajstić information content (AvgIpc) is 2.69. The summed E-state index contributed by atoms with van der Waals surface area (Å²) in [5.74, 6) is 2.69. The summed E-state index contributed by atoms with van der Waals surface area (Å²) in [6.07, 6.45) is 4.14. The van der Waals surface area contributed by atoms with Gasteiger partial charge in [-0.3, -0.25) is 0 Å². The number of hydrogen-bond acceptors (Lipinski definition) is 3. The van der Waals surface area contributed by atoms with Crippen molar-refractivity contribution in [2.45, 2.75) is 26.2 Å². The summed E-state index contributed by atoms with van der Waals surface area (Å²) < 4.78 is 0. The van der Waals surface area contributed by atoms with Crippen LogP contribution in [0.15, 0.2) is 0 Å². The van der Waals surface area contributed by atoms with Gasteiger partial charge in [0.25, 0.3) is 0 Å². The first-order valence-corrected chi connectivity index (χ1v) is 7.51. The second-order valence-electron chi connectivity index (χ2n) is 5.07. The molecule has 88 valence electrons. The molecule has 2 aliphatic heterocycles. The molecular weight excluding hydrogens is 204 g/mol. The first-order valence-electron chi connectivity index (χ1n) is 6.35. The Bertz CT molecular complexity index is 184. The van der Waals surface area contributed by atoms with Crippen molar-refractivity contribution in [1.82, 2.24) is 10.2 Å². The van der Waals surface area contributed by atoms with E-state index in [2.05, 4.69) is 28.9 Å². The van der Waals surface area contributed by atoms with Crippen molar-refractivity contribution in [3.05, 3.63) is 0 Å². The molecule has 0 saturated carbocycles. The van der Waals surface area contributed by atoms with Gasteiger partial charge in [-0.05, 0) is 24.8 Å². The minimum atomic E-state index is 0.608. The summed E-state index contributed by atoms with van der Waals surface area (Å²) in [4.78, 5) is 2.69. The number of hydrogen-bond donors (Lipinski definition) is 1. The lowest BCUT2D eigenvalue weighted by Crippen LogP contribution is -2.43. The Balaban J connectivity index is 1.87. The molecule has 2 heterocycles. The van der Waals surface area contributed by atoms with E-state index in [-0.39, 0.29) is 0 Å². The van der Waals surface area contributed by atoms with Crippen LogP contribution in [0.4, 0.5) is 0 Å². The first kappa shape index (κ1) is 11.7. The summed E-state index contributed by atoms with van der Waals surface area (Å²) in [6.45, 7) is 8.79. The molecule has 1 N–H and O–H groups in total. The summed E-state index contributed by atoms with van der Waals surface area (Å²) in [6, 6.07) is 0. The summed E-state index contributed by atoms with van der Waals surface area (Å²) in [7, 11) is 0. The number of nitrogens with one attached hydrogen (secondary N) is 1. The highest BCUT2D eigenvalue weighted by atomic mass is 32.2. The fraction of sp³-hybridized carbons (Fsp3) is 1.00. The maximum absolute atomic E-state index is 3.56. The molecule has 2 aliphatic rings. The summed E-state index contributed by atoms with van der Waals surface area (Å²) in [5.41, 5.74) is 0.608. The van der Waals surface area contributed by atoms with Gasteiger partial charge in [-0.25, -0.2) is 0 Å². The highest BCUT2D eigenvalue weighted by molar-refractivity contribution is 7.99. The lowest BCUT2D eigenvalue weighted by Gasteiger charge is -2.36. The Morgan fingerprint density at radius 1 is 1.33 bits per heavy atom. The topological polar surface area (TPSA) is 15.3 Å². The smallest absolute Gasteiger partial charge is 0.00729 e. The van der Waals surface area contributed by atoms with Gasteiger partial charge in [0, 0.05) is 37.7 Å². The van der Waals surface area contributed by atoms with Gasteiger partial charge >= 0.3 is 0 Å². The van der Waals surface area contributed by atoms with Crippen LogP contribution in [-0.2, 0) is 0 Å². The average molecular weight is 228 g/mol. The molecule has 0 aromatic rings. The molecule has 2 saturated heterocycles. The molecule has 0 radical (unpaired) electrons. The first-order chi connectivity index (χ1) is 7.35. The molecule has 2 fully saturated rings. The number of thioether (sulfide) groups is 1. The predicted molar refractivity (Wildman–Crippen MR) is 68.6 cm³/mol. The lowest BCUT2D eigenvalue weighted by atomic mass is 9.82. The van der Waals surface area contributed by atoms with E-state index < -0.39 is 0 Å². The van der Waals surface area contributed by atoms with Gasteiger partial charge in [0.05, 0.1) is 0 Å². The summed E-state index contributed by atoms with van der Waals surface area (Å²) >= 11 is 2.11. The second kappa shape index (κ2) is 5.55. The van der Waals surface area contributed by atoms with Crippen LogP contribution >= 0.6 is 11.8 Å². The van der Waals surface area contributed by atoms with E-state index in [4.69, 9.17) is 0 Å². The quantitative estimate of drug-likeness (QED) is 0.790. The second-order valence-corrected chi connectivity index (χ2v) is 6.29. The van der Waals surface area contributed by atoms with Crippen molar-refractivity contribution in [3.63, 3.8) is 0 Å². The minimum Gasteiger partial charge on any atom is -0.316 e. The molecule has 1 atom stereocenters. The van der Waals surface area contributed by atoms with E-state index in [1.54, 1.807) is 0 Å². The monoisotopic (exact) mass is 228 g/mol. The van der Waals surface area contributed by atoms with Gasteiger partial charge in [0.2, 0.25) is 0 Å². The Morgan fingerprint density at radius 3 is 2.73 bits per heavy atom. The van der Waals surface area contributed by atoms with E-state index >= 15 is 0 Å². The van der Waals surface area contributed by atoms with Gasteiger partial charge in [0.15, 0.2) is 0 Å². The predicted octanol–water partition coefficient (Wildman–Crippen LogP) is 1.82. The Morgan fingerprint density at radius 2 is 2.13 bits per heavy atom. The Kier molecular flexibility index (Phi) is 4.35. The molecule has 0 amide bonds. The van der Waals surface area contributed by atoms with E-state index in [1.165, 1.54) is 63.5 Å². The zero-order chi connectivity index (χ0) is 10.6. The third kappa shape index (κ3) is 3.11. The largest absolute Gasteiger partial charge is 0.316 e. The molecule has 2 rings (SSSR count). The molecule has 0 bridgehead atoms. The molecule has 2 nitrogen and oxygen atoms in total. The van der Waals surface area contributed by atoms with Crippen LogP contribution < -0.4 is 5.32 Å². The van der Waals surface area contributed by atoms with Crippen LogP contribution in [0.3, 0.4) is 0 Å². The maximum Gasteiger partial charge on any atom is 0.00729 e. The van der Waals surface area contributed by atoms with Gasteiger partial charge in [0.1, 0.15) is 0 Å². The van der Waals surface area contributed by atoms with Crippen molar-refractivity contribution in [1.29, 1.82) is 0 Å². The molecule has 3 heteroatoms. The van der Waals surface area contributed by atoms with Crippen LogP contribution in [0.5, 0.6) is 0 Å². The van der Waals surface area contributed by atoms with Gasteiger partial charge in [-0.15, -0.1) is 0 Å². The van der Waals surface area contributed by atoms with Crippen LogP contribution in [0.1, 0.15) is 26.2 Å². The minimum absolute atomic E-state index is 0.608. The van der Waals surface area contributed by atoms with Crippen molar-refractivity contribution < 1.29 is 0 Å². The van der Waals surface area contributed by atoms with Crippen LogP contribution in [0, 0.1) is 5.41 Å². The fourth-order valence-electron chi connectivity index (χ4n) is 2.99. The highest BCUT2D eigenvalue weighted by Gasteiger charge is 2.34. The van der Waals surface area contributed by atoms with Crippen molar-refractivity contribution >= 4 is 11.8 Å². The van der Waals surface area contributed by atoms with E-state index in [0.29, 0.717) is 5.41 Å². The molecule has 0 aliphatic carbocycles. The van der Waals surface area contributed by atoms with Gasteiger partial charge < -0.3 is 10.2 Å². The van der Waals surface area contributed by atoms with Crippen molar-refractivity contribution in [3.8, 4) is 0 Å². The van der Waals surface area contributed by atoms with Crippen LogP contribution in [0.25, 0.3) is 0 Å². The lowest BCUT2D eigenvalue weighted by molar-refractivity contribution is 0.163. The van der Waals surface area contributed by atoms with Crippen molar-refractivity contribution in [2.24, 2.45) is 5.41 Å². The Labute approximate surface area is 98.2 Å². The normalized spacial score (nSPS) is 33.4. The fourth-order valence-corrected chi connectivity index (χ4v) is 3.97. The molecule has 0 aromatic carbocycles. The SMILES string of the molecule is CCCC1(CN2CCSCC2)CCNC1. The van der Waals surface area contributed by atoms with E-state index in [9.17, 15) is 0 Å². The molecular formula is C12H24N2S. The van der Waals surface area contributed by atoms with Crippen LogP contribution in [-0.4, -0.2) is 49.1 Å². The highest BCUT2D eigenvalue weighted by Crippen LogP contribution is 2.32. The third-order valence-corrected chi connectivity index (χ3v) is 4.72. The maximum atomic E-state index is 3.56. The van der Waals surface area contributed by atoms with Crippen LogP contribution in [0.2, 0.25) is 0 Å². The zero-order valence-corrected chi connectivity index (χ0v) is 10.7. The molecule has 0 spiro atoms. The number of nitrogens with zero attached hydrogens (tertiary/aromatic N) is 1. The number of rotatable bonds is 4. The van der Waals surface area contributed by atoms with Gasteiger partial charge in [-0.1, -0.05) is 13.3 Å². The van der Waals surface area contributed by atoms with E-state index in [1.807, 2.05) is 0 Å². The molecule has 0 aromatic heterocycles. The zero-order valence-electron chi connectivity index (χ0n) is 9.93. The summed E-state index contributed by atoms with van der Waals surface area (Å²) in [5, 5.41) is 3.56. The molecule has 1 unspecified atom stereocenters. The van der Waals surface area contributed by atoms with E-state index in [0.717, 1.165) is 0 Å².